The molecule has 1 saturated carbocycles. The van der Waals surface area contributed by atoms with Crippen molar-refractivity contribution in [2.75, 3.05) is 31.1 Å². The van der Waals surface area contributed by atoms with Crippen LogP contribution < -0.4 is 4.90 Å². The Morgan fingerprint density at radius 3 is 2.52 bits per heavy atom. The van der Waals surface area contributed by atoms with Gasteiger partial charge in [0.15, 0.2) is 4.77 Å². The average molecular weight is 432 g/mol. The van der Waals surface area contributed by atoms with Crippen LogP contribution in [0.2, 0.25) is 0 Å². The second kappa shape index (κ2) is 8.61. The van der Waals surface area contributed by atoms with Gasteiger partial charge in [-0.1, -0.05) is 30.3 Å². The molecule has 7 nitrogen and oxygen atoms in total. The number of aromatic nitrogens is 4. The monoisotopic (exact) mass is 431 g/mol. The molecule has 5 rings (SSSR count). The van der Waals surface area contributed by atoms with E-state index in [-0.39, 0.29) is 0 Å². The summed E-state index contributed by atoms with van der Waals surface area (Å²) >= 11 is 5.84. The number of rotatable bonds is 6. The molecule has 158 valence electrons. The highest BCUT2D eigenvalue weighted by Crippen LogP contribution is 2.39. The summed E-state index contributed by atoms with van der Waals surface area (Å²) in [6.07, 6.45) is 4.15. The van der Waals surface area contributed by atoms with Crippen LogP contribution in [0.4, 0.5) is 5.82 Å². The van der Waals surface area contributed by atoms with Gasteiger partial charge in [-0.25, -0.2) is 9.67 Å². The Morgan fingerprint density at radius 2 is 1.81 bits per heavy atom. The zero-order chi connectivity index (χ0) is 21.2. The predicted molar refractivity (Wildman–Crippen MR) is 121 cm³/mol. The minimum absolute atomic E-state index is 0.539. The molecule has 0 unspecified atom stereocenters. The van der Waals surface area contributed by atoms with Crippen LogP contribution in [-0.2, 0) is 13.2 Å². The number of anilines is 1. The smallest absolute Gasteiger partial charge is 0.199 e. The van der Waals surface area contributed by atoms with E-state index in [0.717, 1.165) is 49.1 Å². The molecule has 0 bridgehead atoms. The van der Waals surface area contributed by atoms with E-state index in [9.17, 15) is 5.26 Å². The molecule has 1 aliphatic heterocycles. The molecule has 1 aromatic carbocycles. The van der Waals surface area contributed by atoms with Crippen molar-refractivity contribution in [3.05, 3.63) is 70.4 Å². The fraction of sp³-hybridized carbons (Fsp3) is 0.391. The van der Waals surface area contributed by atoms with Crippen molar-refractivity contribution in [2.45, 2.75) is 32.0 Å². The number of hydrogen-bond donors (Lipinski definition) is 0. The standard InChI is InChI=1S/C23H25N7S/c24-15-20-7-4-10-25-21(20)28-13-11-27(12-14-28)17-30-23(31)29(22(26-30)19-8-9-19)16-18-5-2-1-3-6-18/h1-7,10,19H,8-9,11-14,16-17H2. The molecule has 0 atom stereocenters. The van der Waals surface area contributed by atoms with Gasteiger partial charge in [-0.05, 0) is 42.8 Å². The van der Waals surface area contributed by atoms with E-state index in [4.69, 9.17) is 17.3 Å². The second-order valence-electron chi connectivity index (χ2n) is 8.22. The van der Waals surface area contributed by atoms with Crippen LogP contribution in [0.1, 0.15) is 35.7 Å². The first-order valence-corrected chi connectivity index (χ1v) is 11.2. The SMILES string of the molecule is N#Cc1cccnc1N1CCN(Cn2nc(C3CC3)n(Cc3ccccc3)c2=S)CC1. The van der Waals surface area contributed by atoms with Gasteiger partial charge in [0.05, 0.1) is 18.8 Å². The van der Waals surface area contributed by atoms with Gasteiger partial charge >= 0.3 is 0 Å². The molecule has 8 heteroatoms. The van der Waals surface area contributed by atoms with Crippen LogP contribution in [0.25, 0.3) is 0 Å². The Balaban J connectivity index is 1.29. The van der Waals surface area contributed by atoms with E-state index in [0.29, 0.717) is 18.2 Å². The molecule has 1 aliphatic carbocycles. The Hall–Kier alpha value is -3.02. The molecule has 31 heavy (non-hydrogen) atoms. The third kappa shape index (κ3) is 4.24. The van der Waals surface area contributed by atoms with E-state index >= 15 is 0 Å². The first kappa shape index (κ1) is 19.9. The lowest BCUT2D eigenvalue weighted by Gasteiger charge is -2.35. The second-order valence-corrected chi connectivity index (χ2v) is 8.58. The summed E-state index contributed by atoms with van der Waals surface area (Å²) in [5.41, 5.74) is 1.88. The Bertz CT molecular complexity index is 1150. The quantitative estimate of drug-likeness (QED) is 0.558. The van der Waals surface area contributed by atoms with Crippen LogP contribution in [-0.4, -0.2) is 50.4 Å². The van der Waals surface area contributed by atoms with Crippen LogP contribution >= 0.6 is 12.2 Å². The minimum atomic E-state index is 0.539. The Labute approximate surface area is 187 Å². The van der Waals surface area contributed by atoms with Gasteiger partial charge in [0.2, 0.25) is 0 Å². The number of benzene rings is 1. The van der Waals surface area contributed by atoms with E-state index in [1.165, 1.54) is 18.4 Å². The molecule has 0 N–H and O–H groups in total. The lowest BCUT2D eigenvalue weighted by atomic mass is 10.2. The van der Waals surface area contributed by atoms with Gasteiger partial charge < -0.3 is 4.90 Å². The number of hydrogen-bond acceptors (Lipinski definition) is 6. The van der Waals surface area contributed by atoms with Gasteiger partial charge in [0.1, 0.15) is 17.7 Å². The summed E-state index contributed by atoms with van der Waals surface area (Å²) in [5.74, 6) is 2.45. The maximum absolute atomic E-state index is 9.36. The number of nitrogens with zero attached hydrogens (tertiary/aromatic N) is 7. The topological polar surface area (TPSA) is 65.9 Å². The fourth-order valence-corrected chi connectivity index (χ4v) is 4.39. The largest absolute Gasteiger partial charge is 0.353 e. The summed E-state index contributed by atoms with van der Waals surface area (Å²) in [6, 6.07) is 16.3. The van der Waals surface area contributed by atoms with Gasteiger partial charge in [0, 0.05) is 38.3 Å². The van der Waals surface area contributed by atoms with Crippen molar-refractivity contribution >= 4 is 18.0 Å². The molecule has 1 saturated heterocycles. The summed E-state index contributed by atoms with van der Waals surface area (Å²) in [4.78, 5) is 8.99. The van der Waals surface area contributed by atoms with Crippen LogP contribution in [0.5, 0.6) is 0 Å². The van der Waals surface area contributed by atoms with Crippen molar-refractivity contribution in [1.29, 1.82) is 5.26 Å². The van der Waals surface area contributed by atoms with Crippen molar-refractivity contribution < 1.29 is 0 Å². The minimum Gasteiger partial charge on any atom is -0.353 e. The Morgan fingerprint density at radius 1 is 1.03 bits per heavy atom. The normalized spacial score (nSPS) is 16.9. The number of piperazine rings is 1. The molecule has 2 fully saturated rings. The van der Waals surface area contributed by atoms with E-state index < -0.39 is 0 Å². The highest BCUT2D eigenvalue weighted by Gasteiger charge is 2.30. The maximum Gasteiger partial charge on any atom is 0.199 e. The lowest BCUT2D eigenvalue weighted by molar-refractivity contribution is 0.193. The molecule has 2 aromatic heterocycles. The summed E-state index contributed by atoms with van der Waals surface area (Å²) < 4.78 is 5.00. The Kier molecular flexibility index (Phi) is 5.53. The zero-order valence-electron chi connectivity index (χ0n) is 17.4. The van der Waals surface area contributed by atoms with Gasteiger partial charge in [-0.15, -0.1) is 0 Å². The predicted octanol–water partition coefficient (Wildman–Crippen LogP) is 3.39. The van der Waals surface area contributed by atoms with E-state index in [2.05, 4.69) is 49.7 Å². The fourth-order valence-electron chi connectivity index (χ4n) is 4.13. The zero-order valence-corrected chi connectivity index (χ0v) is 18.2. The van der Waals surface area contributed by atoms with Gasteiger partial charge in [-0.2, -0.15) is 10.4 Å². The van der Waals surface area contributed by atoms with Crippen LogP contribution in [0, 0.1) is 16.1 Å². The van der Waals surface area contributed by atoms with E-state index in [1.54, 1.807) is 6.20 Å². The first-order chi connectivity index (χ1) is 15.2. The molecule has 0 amide bonds. The van der Waals surface area contributed by atoms with Crippen molar-refractivity contribution in [3.8, 4) is 6.07 Å². The third-order valence-corrected chi connectivity index (χ3v) is 6.42. The molecule has 2 aliphatic rings. The van der Waals surface area contributed by atoms with E-state index in [1.807, 2.05) is 22.9 Å². The lowest BCUT2D eigenvalue weighted by Crippen LogP contribution is -2.47. The molecule has 3 aromatic rings. The first-order valence-electron chi connectivity index (χ1n) is 10.8. The molecular weight excluding hydrogens is 406 g/mol. The molecular formula is C23H25N7S. The highest BCUT2D eigenvalue weighted by molar-refractivity contribution is 7.71. The summed E-state index contributed by atoms with van der Waals surface area (Å²) in [6.45, 7) is 4.90. The van der Waals surface area contributed by atoms with Crippen LogP contribution in [0.3, 0.4) is 0 Å². The van der Waals surface area contributed by atoms with Crippen molar-refractivity contribution in [3.63, 3.8) is 0 Å². The average Bonchev–Trinajstić information content (AvgIpc) is 3.62. The molecule has 0 spiro atoms. The maximum atomic E-state index is 9.36. The number of pyridine rings is 1. The number of nitriles is 1. The molecule has 3 heterocycles. The highest BCUT2D eigenvalue weighted by atomic mass is 32.1. The summed E-state index contributed by atoms with van der Waals surface area (Å²) in [7, 11) is 0. The van der Waals surface area contributed by atoms with Crippen molar-refractivity contribution in [2.24, 2.45) is 0 Å². The van der Waals surface area contributed by atoms with Gasteiger partial charge in [-0.3, -0.25) is 9.47 Å². The van der Waals surface area contributed by atoms with Gasteiger partial charge in [0.25, 0.3) is 0 Å². The third-order valence-electron chi connectivity index (χ3n) is 5.99. The van der Waals surface area contributed by atoms with Crippen LogP contribution in [0.15, 0.2) is 48.7 Å². The van der Waals surface area contributed by atoms with Crippen molar-refractivity contribution in [1.82, 2.24) is 24.2 Å². The summed E-state index contributed by atoms with van der Waals surface area (Å²) in [5, 5.41) is 14.3. The molecule has 0 radical (unpaired) electrons.